The summed E-state index contributed by atoms with van der Waals surface area (Å²) in [5, 5.41) is 9.60. The van der Waals surface area contributed by atoms with E-state index < -0.39 is 14.0 Å². The van der Waals surface area contributed by atoms with Crippen molar-refractivity contribution in [3.63, 3.8) is 0 Å². The zero-order valence-electron chi connectivity index (χ0n) is 9.77. The average Bonchev–Trinajstić information content (AvgIpc) is 2.17. The van der Waals surface area contributed by atoms with Gasteiger partial charge >= 0.3 is 5.97 Å². The van der Waals surface area contributed by atoms with Gasteiger partial charge in [-0.1, -0.05) is 49.0 Å². The molecule has 0 aromatic heterocycles. The van der Waals surface area contributed by atoms with Crippen LogP contribution in [0, 0.1) is 0 Å². The molecule has 0 unspecified atom stereocenters. The minimum atomic E-state index is -1.31. The van der Waals surface area contributed by atoms with Gasteiger partial charge in [0.1, 0.15) is 0 Å². The molecule has 0 aliphatic heterocycles. The van der Waals surface area contributed by atoms with E-state index in [1.807, 2.05) is 6.07 Å². The van der Waals surface area contributed by atoms with E-state index >= 15 is 0 Å². The van der Waals surface area contributed by atoms with Crippen molar-refractivity contribution in [3.8, 4) is 0 Å². The van der Waals surface area contributed by atoms with Crippen molar-refractivity contribution < 1.29 is 9.90 Å². The maximum Gasteiger partial charge on any atom is 0.313 e. The number of rotatable bonds is 6. The predicted molar refractivity (Wildman–Crippen MR) is 72.6 cm³/mol. The largest absolute Gasteiger partial charge is 0.481 e. The first-order valence-corrected chi connectivity index (χ1v) is 9.90. The Bertz CT molecular complexity index is 338. The molecule has 4 heteroatoms. The summed E-state index contributed by atoms with van der Waals surface area (Å²) in [6, 6.07) is 11.6. The zero-order valence-corrected chi connectivity index (χ0v) is 11.6. The first-order chi connectivity index (χ1) is 7.49. The van der Waals surface area contributed by atoms with Gasteiger partial charge in [0.05, 0.1) is 13.8 Å². The molecule has 0 atom stereocenters. The maximum absolute atomic E-state index is 10.4. The molecule has 0 spiro atoms. The average molecular weight is 254 g/mol. The molecule has 0 aliphatic carbocycles. The van der Waals surface area contributed by atoms with E-state index in [1.165, 1.54) is 5.56 Å². The third-order valence-electron chi connectivity index (χ3n) is 2.24. The maximum atomic E-state index is 10.4. The molecule has 1 aromatic rings. The first kappa shape index (κ1) is 13.3. The lowest BCUT2D eigenvalue weighted by Gasteiger charge is -2.21. The summed E-state index contributed by atoms with van der Waals surface area (Å²) < 4.78 is 0. The van der Waals surface area contributed by atoms with Crippen LogP contribution in [-0.4, -0.2) is 30.3 Å². The van der Waals surface area contributed by atoms with Gasteiger partial charge in [-0.3, -0.25) is 4.79 Å². The van der Waals surface area contributed by atoms with Crippen molar-refractivity contribution in [1.82, 2.24) is 0 Å². The highest BCUT2D eigenvalue weighted by atomic mass is 32.2. The molecule has 1 aromatic carbocycles. The zero-order chi connectivity index (χ0) is 12.0. The summed E-state index contributed by atoms with van der Waals surface area (Å²) in [6.45, 7) is 4.63. The van der Waals surface area contributed by atoms with Gasteiger partial charge in [-0.2, -0.15) is 11.8 Å². The molecule has 88 valence electrons. The van der Waals surface area contributed by atoms with Gasteiger partial charge in [0.25, 0.3) is 0 Å². The van der Waals surface area contributed by atoms with E-state index in [1.54, 1.807) is 11.8 Å². The predicted octanol–water partition coefficient (Wildman–Crippen LogP) is 2.83. The SMILES string of the molecule is C[Si](C)(CSCC(=O)O)Cc1ccccc1. The van der Waals surface area contributed by atoms with Crippen molar-refractivity contribution in [1.29, 1.82) is 0 Å². The molecule has 0 saturated carbocycles. The van der Waals surface area contributed by atoms with Crippen LogP contribution in [0.3, 0.4) is 0 Å². The Labute approximate surface area is 102 Å². The Morgan fingerprint density at radius 3 is 2.50 bits per heavy atom. The second kappa shape index (κ2) is 6.11. The van der Waals surface area contributed by atoms with Gasteiger partial charge in [0.15, 0.2) is 0 Å². The van der Waals surface area contributed by atoms with Crippen LogP contribution in [0.5, 0.6) is 0 Å². The Kier molecular flexibility index (Phi) is 5.08. The molecule has 0 heterocycles. The first-order valence-electron chi connectivity index (χ1n) is 5.33. The summed E-state index contributed by atoms with van der Waals surface area (Å²) in [7, 11) is -1.31. The summed E-state index contributed by atoms with van der Waals surface area (Å²) in [5.74, 6) is -0.486. The highest BCUT2D eigenvalue weighted by Crippen LogP contribution is 2.17. The fourth-order valence-electron chi connectivity index (χ4n) is 1.61. The van der Waals surface area contributed by atoms with E-state index in [0.29, 0.717) is 0 Å². The fourth-order valence-corrected chi connectivity index (χ4v) is 6.16. The van der Waals surface area contributed by atoms with Crippen molar-refractivity contribution >= 4 is 25.8 Å². The molecule has 16 heavy (non-hydrogen) atoms. The number of benzene rings is 1. The third-order valence-corrected chi connectivity index (χ3v) is 8.00. The lowest BCUT2D eigenvalue weighted by molar-refractivity contribution is -0.133. The monoisotopic (exact) mass is 254 g/mol. The van der Waals surface area contributed by atoms with Crippen molar-refractivity contribution in [3.05, 3.63) is 35.9 Å². The number of aliphatic carboxylic acids is 1. The quantitative estimate of drug-likeness (QED) is 0.793. The highest BCUT2D eigenvalue weighted by molar-refractivity contribution is 8.01. The van der Waals surface area contributed by atoms with Crippen LogP contribution in [0.1, 0.15) is 5.56 Å². The van der Waals surface area contributed by atoms with E-state index in [0.717, 1.165) is 11.4 Å². The number of carboxylic acid groups (broad SMARTS) is 1. The van der Waals surface area contributed by atoms with Crippen LogP contribution in [0.25, 0.3) is 0 Å². The smallest absolute Gasteiger partial charge is 0.313 e. The van der Waals surface area contributed by atoms with E-state index in [-0.39, 0.29) is 5.75 Å². The Morgan fingerprint density at radius 1 is 1.31 bits per heavy atom. The van der Waals surface area contributed by atoms with Crippen LogP contribution >= 0.6 is 11.8 Å². The van der Waals surface area contributed by atoms with Gasteiger partial charge in [-0.05, 0) is 11.4 Å². The standard InChI is InChI=1S/C12H18O2SSi/c1-16(2,10-15-8-12(13)14)9-11-6-4-3-5-7-11/h3-7H,8-10H2,1-2H3,(H,13,14). The van der Waals surface area contributed by atoms with Crippen LogP contribution in [0.2, 0.25) is 13.1 Å². The Morgan fingerprint density at radius 2 is 1.94 bits per heavy atom. The fraction of sp³-hybridized carbons (Fsp3) is 0.417. The van der Waals surface area contributed by atoms with Gasteiger partial charge in [-0.25, -0.2) is 0 Å². The van der Waals surface area contributed by atoms with Gasteiger partial charge in [0, 0.05) is 0 Å². The number of carboxylic acids is 1. The summed E-state index contributed by atoms with van der Waals surface area (Å²) >= 11 is 1.55. The summed E-state index contributed by atoms with van der Waals surface area (Å²) in [6.07, 6.45) is 0. The number of hydrogen-bond acceptors (Lipinski definition) is 2. The molecule has 0 radical (unpaired) electrons. The lowest BCUT2D eigenvalue weighted by atomic mass is 10.2. The summed E-state index contributed by atoms with van der Waals surface area (Å²) in [5.41, 5.74) is 1.37. The topological polar surface area (TPSA) is 37.3 Å². The molecule has 1 N–H and O–H groups in total. The Hall–Kier alpha value is -0.743. The molecule has 0 saturated heterocycles. The van der Waals surface area contributed by atoms with E-state index in [2.05, 4.69) is 37.4 Å². The second-order valence-electron chi connectivity index (χ2n) is 4.71. The van der Waals surface area contributed by atoms with Crippen LogP contribution < -0.4 is 0 Å². The summed E-state index contributed by atoms with van der Waals surface area (Å²) in [4.78, 5) is 10.4. The van der Waals surface area contributed by atoms with Crippen molar-refractivity contribution in [2.75, 3.05) is 11.1 Å². The molecular weight excluding hydrogens is 236 g/mol. The third kappa shape index (κ3) is 5.37. The van der Waals surface area contributed by atoms with Crippen LogP contribution in [0.4, 0.5) is 0 Å². The molecular formula is C12H18O2SSi. The second-order valence-corrected chi connectivity index (χ2v) is 11.2. The highest BCUT2D eigenvalue weighted by Gasteiger charge is 2.21. The van der Waals surface area contributed by atoms with Crippen molar-refractivity contribution in [2.24, 2.45) is 0 Å². The van der Waals surface area contributed by atoms with Gasteiger partial charge in [-0.15, -0.1) is 0 Å². The molecule has 0 amide bonds. The minimum absolute atomic E-state index is 0.227. The lowest BCUT2D eigenvalue weighted by Crippen LogP contribution is -2.33. The number of carbonyl (C=O) groups is 1. The van der Waals surface area contributed by atoms with Gasteiger partial charge in [0.2, 0.25) is 0 Å². The van der Waals surface area contributed by atoms with Gasteiger partial charge < -0.3 is 5.11 Å². The van der Waals surface area contributed by atoms with Crippen LogP contribution in [0.15, 0.2) is 30.3 Å². The molecule has 0 fully saturated rings. The minimum Gasteiger partial charge on any atom is -0.481 e. The molecule has 1 rings (SSSR count). The van der Waals surface area contributed by atoms with E-state index in [9.17, 15) is 4.79 Å². The number of hydrogen-bond donors (Lipinski definition) is 1. The van der Waals surface area contributed by atoms with Crippen molar-refractivity contribution in [2.45, 2.75) is 19.1 Å². The van der Waals surface area contributed by atoms with Crippen LogP contribution in [-0.2, 0) is 10.8 Å². The molecule has 0 aliphatic rings. The molecule has 0 bridgehead atoms. The number of thioether (sulfide) groups is 1. The molecule has 2 nitrogen and oxygen atoms in total. The normalized spacial score (nSPS) is 11.4. The van der Waals surface area contributed by atoms with E-state index in [4.69, 9.17) is 5.11 Å². The Balaban J connectivity index is 2.42.